The van der Waals surface area contributed by atoms with Crippen LogP contribution in [0.1, 0.15) is 53.7 Å². The van der Waals surface area contributed by atoms with Crippen molar-refractivity contribution in [2.75, 3.05) is 21.7 Å². The summed E-state index contributed by atoms with van der Waals surface area (Å²) in [5, 5.41) is 8.34. The lowest BCUT2D eigenvalue weighted by Crippen LogP contribution is -2.17. The number of nitrogens with one attached hydrogen (secondary N) is 3. The number of aryl methyl sites for hydroxylation is 2. The van der Waals surface area contributed by atoms with Gasteiger partial charge in [-0.15, -0.1) is 0 Å². The van der Waals surface area contributed by atoms with Gasteiger partial charge in [0.05, 0.1) is 38.2 Å². The highest BCUT2D eigenvalue weighted by Crippen LogP contribution is 2.31. The number of carbonyl (C=O) groups is 3. The molecule has 0 aliphatic carbocycles. The van der Waals surface area contributed by atoms with Gasteiger partial charge in [0.25, 0.3) is 17.7 Å². The Morgan fingerprint density at radius 3 is 1.79 bits per heavy atom. The molecule has 0 fully saturated rings. The van der Waals surface area contributed by atoms with Gasteiger partial charge in [-0.1, -0.05) is 41.4 Å². The van der Waals surface area contributed by atoms with Crippen LogP contribution in [-0.4, -0.2) is 27.7 Å². The molecule has 0 saturated carbocycles. The molecule has 5 N–H and O–H groups in total. The van der Waals surface area contributed by atoms with Crippen LogP contribution in [-0.2, 0) is 12.4 Å². The van der Waals surface area contributed by atoms with Crippen molar-refractivity contribution in [2.24, 2.45) is 0 Å². The van der Waals surface area contributed by atoms with Gasteiger partial charge < -0.3 is 21.7 Å². The maximum Gasteiger partial charge on any atom is 0.433 e. The molecule has 3 aromatic carbocycles. The molecule has 9 nitrogen and oxygen atoms in total. The van der Waals surface area contributed by atoms with E-state index in [0.717, 1.165) is 24.4 Å². The molecular formula is C35H26Cl2F6N6O3. The highest BCUT2D eigenvalue weighted by Gasteiger charge is 2.34. The standard InChI is InChI=1S/C21H15ClF3N3O2.C14H11ClF3N3O/c1-12-9-18(21(23,24)25)26-11-15(12)20(30)27-14-7-8-16(22)17(10-14)28-19(29)13-5-3-2-4-6-13;1-7-9(3-5-12(20-7)14(16,17)18)13(22)21-8-2-4-10(15)11(19)6-8/h2-11H,1H3,(H,27,30)(H,28,29);2-6H,19H2,1H3,(H,21,22). The van der Waals surface area contributed by atoms with E-state index in [9.17, 15) is 40.7 Å². The number of nitrogen functional groups attached to an aromatic ring is 1. The Hall–Kier alpha value is -5.67. The zero-order valence-electron chi connectivity index (χ0n) is 26.9. The normalized spacial score (nSPS) is 11.2. The van der Waals surface area contributed by atoms with Crippen LogP contribution in [0.3, 0.4) is 0 Å². The number of alkyl halides is 6. The third-order valence-electron chi connectivity index (χ3n) is 7.03. The Kier molecular flexibility index (Phi) is 12.1. The van der Waals surface area contributed by atoms with E-state index in [1.165, 1.54) is 50.2 Å². The van der Waals surface area contributed by atoms with Crippen LogP contribution in [0.15, 0.2) is 91.1 Å². The second-order valence-corrected chi connectivity index (χ2v) is 11.7. The Labute approximate surface area is 302 Å². The van der Waals surface area contributed by atoms with E-state index in [0.29, 0.717) is 22.0 Å². The fourth-order valence-corrected chi connectivity index (χ4v) is 4.69. The zero-order chi connectivity index (χ0) is 38.4. The number of hydrogen-bond donors (Lipinski definition) is 4. The Morgan fingerprint density at radius 2 is 1.23 bits per heavy atom. The summed E-state index contributed by atoms with van der Waals surface area (Å²) in [6.07, 6.45) is -8.27. The van der Waals surface area contributed by atoms with E-state index in [-0.39, 0.29) is 44.7 Å². The number of benzene rings is 3. The first kappa shape index (κ1) is 39.1. The summed E-state index contributed by atoms with van der Waals surface area (Å²) in [5.41, 5.74) is 5.29. The van der Waals surface area contributed by atoms with E-state index in [4.69, 9.17) is 28.9 Å². The van der Waals surface area contributed by atoms with E-state index in [1.54, 1.807) is 30.3 Å². The predicted octanol–water partition coefficient (Wildman–Crippen LogP) is 9.46. The van der Waals surface area contributed by atoms with Crippen molar-refractivity contribution in [3.63, 3.8) is 0 Å². The van der Waals surface area contributed by atoms with Gasteiger partial charge in [-0.3, -0.25) is 19.4 Å². The summed E-state index contributed by atoms with van der Waals surface area (Å²) in [5.74, 6) is -1.61. The average Bonchev–Trinajstić information content (AvgIpc) is 3.07. The van der Waals surface area contributed by atoms with Gasteiger partial charge in [0, 0.05) is 23.1 Å². The number of nitrogens with two attached hydrogens (primary N) is 1. The molecule has 5 rings (SSSR count). The summed E-state index contributed by atoms with van der Waals surface area (Å²) >= 11 is 11.9. The Bertz CT molecular complexity index is 2130. The third-order valence-corrected chi connectivity index (χ3v) is 7.70. The van der Waals surface area contributed by atoms with E-state index in [1.807, 2.05) is 0 Å². The fraction of sp³-hybridized carbons (Fsp3) is 0.114. The van der Waals surface area contributed by atoms with Crippen molar-refractivity contribution in [1.82, 2.24) is 9.97 Å². The first-order valence-corrected chi connectivity index (χ1v) is 15.5. The lowest BCUT2D eigenvalue weighted by atomic mass is 10.1. The number of aromatic nitrogens is 2. The first-order valence-electron chi connectivity index (χ1n) is 14.8. The molecule has 0 radical (unpaired) electrons. The number of hydrogen-bond acceptors (Lipinski definition) is 6. The molecule has 0 saturated heterocycles. The third kappa shape index (κ3) is 10.2. The topological polar surface area (TPSA) is 139 Å². The van der Waals surface area contributed by atoms with Crippen molar-refractivity contribution in [3.05, 3.63) is 141 Å². The Morgan fingerprint density at radius 1 is 0.654 bits per heavy atom. The highest BCUT2D eigenvalue weighted by molar-refractivity contribution is 6.34. The molecule has 2 aromatic heterocycles. The van der Waals surface area contributed by atoms with Crippen LogP contribution < -0.4 is 21.7 Å². The summed E-state index contributed by atoms with van der Waals surface area (Å²) in [4.78, 5) is 43.6. The monoisotopic (exact) mass is 762 g/mol. The number of rotatable bonds is 6. The molecule has 0 bridgehead atoms. The average molecular weight is 764 g/mol. The molecule has 0 atom stereocenters. The minimum Gasteiger partial charge on any atom is -0.397 e. The molecule has 270 valence electrons. The lowest BCUT2D eigenvalue weighted by molar-refractivity contribution is -0.142. The van der Waals surface area contributed by atoms with Crippen LogP contribution in [0.5, 0.6) is 0 Å². The van der Waals surface area contributed by atoms with Gasteiger partial charge in [0.1, 0.15) is 11.4 Å². The quantitative estimate of drug-likeness (QED) is 0.100. The van der Waals surface area contributed by atoms with Gasteiger partial charge in [-0.05, 0) is 86.1 Å². The predicted molar refractivity (Wildman–Crippen MR) is 186 cm³/mol. The van der Waals surface area contributed by atoms with Crippen LogP contribution in [0.4, 0.5) is 49.1 Å². The number of pyridine rings is 2. The molecule has 2 heterocycles. The van der Waals surface area contributed by atoms with Crippen LogP contribution >= 0.6 is 23.2 Å². The molecular weight excluding hydrogens is 737 g/mol. The van der Waals surface area contributed by atoms with Gasteiger partial charge in [0.15, 0.2) is 0 Å². The summed E-state index contributed by atoms with van der Waals surface area (Å²) < 4.78 is 75.9. The van der Waals surface area contributed by atoms with Crippen molar-refractivity contribution in [2.45, 2.75) is 26.2 Å². The fourth-order valence-electron chi connectivity index (χ4n) is 4.41. The molecule has 0 unspecified atom stereocenters. The second kappa shape index (κ2) is 16.1. The lowest BCUT2D eigenvalue weighted by Gasteiger charge is -2.12. The number of nitrogens with zero attached hydrogens (tertiary/aromatic N) is 2. The smallest absolute Gasteiger partial charge is 0.397 e. The second-order valence-electron chi connectivity index (χ2n) is 10.9. The largest absolute Gasteiger partial charge is 0.433 e. The number of amides is 3. The van der Waals surface area contributed by atoms with Gasteiger partial charge in [-0.25, -0.2) is 4.98 Å². The summed E-state index contributed by atoms with van der Waals surface area (Å²) in [6, 6.07) is 20.1. The van der Waals surface area contributed by atoms with Crippen LogP contribution in [0, 0.1) is 13.8 Å². The highest BCUT2D eigenvalue weighted by atomic mass is 35.5. The molecule has 17 heteroatoms. The Balaban J connectivity index is 0.000000244. The van der Waals surface area contributed by atoms with Gasteiger partial charge in [-0.2, -0.15) is 26.3 Å². The van der Waals surface area contributed by atoms with E-state index >= 15 is 0 Å². The van der Waals surface area contributed by atoms with Crippen molar-refractivity contribution >= 4 is 63.7 Å². The molecule has 0 aliphatic heterocycles. The number of carbonyl (C=O) groups excluding carboxylic acids is 3. The van der Waals surface area contributed by atoms with Crippen molar-refractivity contribution in [1.29, 1.82) is 0 Å². The van der Waals surface area contributed by atoms with Crippen LogP contribution in [0.25, 0.3) is 0 Å². The van der Waals surface area contributed by atoms with Crippen LogP contribution in [0.2, 0.25) is 10.0 Å². The van der Waals surface area contributed by atoms with Gasteiger partial charge >= 0.3 is 12.4 Å². The van der Waals surface area contributed by atoms with E-state index in [2.05, 4.69) is 25.9 Å². The minimum absolute atomic E-state index is 0.00665. The SMILES string of the molecule is Cc1cc(C(F)(F)F)ncc1C(=O)Nc1ccc(Cl)c(NC(=O)c2ccccc2)c1.Cc1nc(C(F)(F)F)ccc1C(=O)Nc1ccc(Cl)c(N)c1. The summed E-state index contributed by atoms with van der Waals surface area (Å²) in [6.45, 7) is 2.72. The molecule has 52 heavy (non-hydrogen) atoms. The zero-order valence-corrected chi connectivity index (χ0v) is 28.4. The van der Waals surface area contributed by atoms with Crippen molar-refractivity contribution in [3.8, 4) is 0 Å². The number of anilines is 4. The number of halogens is 8. The maximum atomic E-state index is 12.7. The molecule has 3 amide bonds. The van der Waals surface area contributed by atoms with E-state index < -0.39 is 35.6 Å². The minimum atomic E-state index is -4.60. The maximum absolute atomic E-state index is 12.7. The van der Waals surface area contributed by atoms with Crippen molar-refractivity contribution < 1.29 is 40.7 Å². The summed E-state index contributed by atoms with van der Waals surface area (Å²) in [7, 11) is 0. The molecule has 5 aromatic rings. The van der Waals surface area contributed by atoms with Gasteiger partial charge in [0.2, 0.25) is 0 Å². The molecule has 0 spiro atoms. The first-order chi connectivity index (χ1) is 24.3. The molecule has 0 aliphatic rings.